The zero-order valence-electron chi connectivity index (χ0n) is 11.5. The Morgan fingerprint density at radius 2 is 2.26 bits per heavy atom. The molecule has 0 bridgehead atoms. The highest BCUT2D eigenvalue weighted by Gasteiger charge is 2.31. The lowest BCUT2D eigenvalue weighted by Crippen LogP contribution is -2.43. The molecule has 5 heteroatoms. The van der Waals surface area contributed by atoms with Gasteiger partial charge in [0.25, 0.3) is 0 Å². The molecule has 1 saturated carbocycles. The second-order valence-corrected chi connectivity index (χ2v) is 6.73. The molecule has 2 unspecified atom stereocenters. The summed E-state index contributed by atoms with van der Waals surface area (Å²) in [6.07, 6.45) is 2.99. The Labute approximate surface area is 125 Å². The van der Waals surface area contributed by atoms with E-state index in [1.54, 1.807) is 11.3 Å². The molecule has 1 aromatic rings. The number of carbonyl (C=O) groups excluding carboxylic acids is 1. The molecular weight excluding hydrogens is 280 g/mol. The molecule has 0 aromatic carbocycles. The summed E-state index contributed by atoms with van der Waals surface area (Å²) < 4.78 is 0. The third-order valence-corrected chi connectivity index (χ3v) is 5.03. The molecule has 3 N–H and O–H groups in total. The predicted octanol–water partition coefficient (Wildman–Crippen LogP) is 2.69. The van der Waals surface area contributed by atoms with Crippen molar-refractivity contribution < 1.29 is 4.79 Å². The van der Waals surface area contributed by atoms with Gasteiger partial charge in [0, 0.05) is 22.9 Å². The molecule has 1 aliphatic carbocycles. The highest BCUT2D eigenvalue weighted by Crippen LogP contribution is 2.28. The summed E-state index contributed by atoms with van der Waals surface area (Å²) in [5.74, 6) is 0.147. The van der Waals surface area contributed by atoms with Gasteiger partial charge in [-0.05, 0) is 24.3 Å². The van der Waals surface area contributed by atoms with E-state index in [9.17, 15) is 4.79 Å². The molecule has 1 aliphatic rings. The normalized spacial score (nSPS) is 22.9. The Morgan fingerprint density at radius 1 is 1.53 bits per heavy atom. The van der Waals surface area contributed by atoms with Gasteiger partial charge in [-0.25, -0.2) is 0 Å². The van der Waals surface area contributed by atoms with E-state index in [0.29, 0.717) is 6.54 Å². The number of carbonyl (C=O) groups is 1. The molecule has 0 aliphatic heterocycles. The van der Waals surface area contributed by atoms with Crippen LogP contribution in [0.2, 0.25) is 0 Å². The van der Waals surface area contributed by atoms with Gasteiger partial charge in [0.1, 0.15) is 0 Å². The average molecular weight is 303 g/mol. The van der Waals surface area contributed by atoms with Gasteiger partial charge in [-0.3, -0.25) is 4.79 Å². The smallest absolute Gasteiger partial charge is 0.224 e. The molecule has 19 heavy (non-hydrogen) atoms. The maximum absolute atomic E-state index is 12.1. The number of hydrogen-bond acceptors (Lipinski definition) is 3. The first-order chi connectivity index (χ1) is 8.50. The summed E-state index contributed by atoms with van der Waals surface area (Å²) in [6, 6.07) is 4.23. The van der Waals surface area contributed by atoms with Crippen LogP contribution in [0.1, 0.15) is 38.0 Å². The van der Waals surface area contributed by atoms with Crippen LogP contribution >= 0.6 is 23.7 Å². The molecular formula is C14H23ClN2OS. The first-order valence-corrected chi connectivity index (χ1v) is 7.46. The summed E-state index contributed by atoms with van der Waals surface area (Å²) in [5, 5.41) is 5.15. The maximum Gasteiger partial charge on any atom is 0.224 e. The second-order valence-electron chi connectivity index (χ2n) is 5.78. The van der Waals surface area contributed by atoms with Gasteiger partial charge in [-0.15, -0.1) is 23.7 Å². The van der Waals surface area contributed by atoms with Crippen LogP contribution in [-0.4, -0.2) is 18.5 Å². The number of thiophene rings is 1. The summed E-state index contributed by atoms with van der Waals surface area (Å²) in [6.45, 7) is 5.00. The standard InChI is InChI=1S/C14H22N2OS.ClH/c1-14(2,12-7-4-8-18-12)9-16-13(17)10-5-3-6-11(10)15;/h4,7-8,10-11H,3,5-6,9,15H2,1-2H3,(H,16,17);1H. The minimum Gasteiger partial charge on any atom is -0.355 e. The van der Waals surface area contributed by atoms with Crippen LogP contribution in [0.5, 0.6) is 0 Å². The van der Waals surface area contributed by atoms with Crippen molar-refractivity contribution in [3.63, 3.8) is 0 Å². The summed E-state index contributed by atoms with van der Waals surface area (Å²) in [5.41, 5.74) is 5.95. The van der Waals surface area contributed by atoms with Gasteiger partial charge < -0.3 is 11.1 Å². The fourth-order valence-electron chi connectivity index (χ4n) is 2.50. The van der Waals surface area contributed by atoms with E-state index in [1.807, 2.05) is 0 Å². The van der Waals surface area contributed by atoms with Crippen LogP contribution in [0.3, 0.4) is 0 Å². The summed E-state index contributed by atoms with van der Waals surface area (Å²) in [4.78, 5) is 13.4. The minimum absolute atomic E-state index is 0. The third-order valence-electron chi connectivity index (χ3n) is 3.80. The minimum atomic E-state index is -0.00741. The zero-order valence-corrected chi connectivity index (χ0v) is 13.2. The zero-order chi connectivity index (χ0) is 13.2. The number of amides is 1. The number of halogens is 1. The van der Waals surface area contributed by atoms with Crippen LogP contribution in [0.25, 0.3) is 0 Å². The number of nitrogens with two attached hydrogens (primary N) is 1. The maximum atomic E-state index is 12.1. The van der Waals surface area contributed by atoms with E-state index in [4.69, 9.17) is 5.73 Å². The number of nitrogens with one attached hydrogen (secondary N) is 1. The molecule has 0 spiro atoms. The first kappa shape index (κ1) is 16.5. The Kier molecular flexibility index (Phi) is 5.83. The topological polar surface area (TPSA) is 55.1 Å². The summed E-state index contributed by atoms with van der Waals surface area (Å²) in [7, 11) is 0. The van der Waals surface area contributed by atoms with Crippen molar-refractivity contribution in [1.82, 2.24) is 5.32 Å². The van der Waals surface area contributed by atoms with Crippen LogP contribution < -0.4 is 11.1 Å². The SMILES string of the molecule is CC(C)(CNC(=O)C1CCCC1N)c1cccs1.Cl. The Balaban J connectivity index is 0.00000180. The van der Waals surface area contributed by atoms with E-state index in [-0.39, 0.29) is 35.7 Å². The quantitative estimate of drug-likeness (QED) is 0.898. The van der Waals surface area contributed by atoms with Crippen molar-refractivity contribution in [3.05, 3.63) is 22.4 Å². The predicted molar refractivity (Wildman–Crippen MR) is 82.9 cm³/mol. The molecule has 2 rings (SSSR count). The molecule has 0 saturated heterocycles. The third kappa shape index (κ3) is 3.94. The largest absolute Gasteiger partial charge is 0.355 e. The molecule has 0 radical (unpaired) electrons. The van der Waals surface area contributed by atoms with Crippen LogP contribution in [0.4, 0.5) is 0 Å². The first-order valence-electron chi connectivity index (χ1n) is 6.58. The van der Waals surface area contributed by atoms with Crippen molar-refractivity contribution in [2.75, 3.05) is 6.54 Å². The van der Waals surface area contributed by atoms with Gasteiger partial charge in [-0.2, -0.15) is 0 Å². The van der Waals surface area contributed by atoms with Crippen LogP contribution in [-0.2, 0) is 10.2 Å². The Morgan fingerprint density at radius 3 is 2.79 bits per heavy atom. The van der Waals surface area contributed by atoms with Gasteiger partial charge >= 0.3 is 0 Å². The molecule has 2 atom stereocenters. The highest BCUT2D eigenvalue weighted by atomic mass is 35.5. The van der Waals surface area contributed by atoms with Gasteiger partial charge in [0.15, 0.2) is 0 Å². The highest BCUT2D eigenvalue weighted by molar-refractivity contribution is 7.10. The van der Waals surface area contributed by atoms with E-state index >= 15 is 0 Å². The molecule has 108 valence electrons. The fourth-order valence-corrected chi connectivity index (χ4v) is 3.36. The van der Waals surface area contributed by atoms with E-state index < -0.39 is 0 Å². The Bertz CT molecular complexity index is 406. The molecule has 1 fully saturated rings. The monoisotopic (exact) mass is 302 g/mol. The van der Waals surface area contributed by atoms with Crippen LogP contribution in [0, 0.1) is 5.92 Å². The van der Waals surface area contributed by atoms with Crippen molar-refractivity contribution in [2.24, 2.45) is 11.7 Å². The molecule has 1 aromatic heterocycles. The van der Waals surface area contributed by atoms with Crippen molar-refractivity contribution >= 4 is 29.7 Å². The van der Waals surface area contributed by atoms with Gasteiger partial charge in [-0.1, -0.05) is 26.3 Å². The molecule has 1 amide bonds. The molecule has 3 nitrogen and oxygen atoms in total. The van der Waals surface area contributed by atoms with E-state index in [2.05, 4.69) is 36.7 Å². The Hall–Kier alpha value is -0.580. The lowest BCUT2D eigenvalue weighted by molar-refractivity contribution is -0.125. The van der Waals surface area contributed by atoms with Gasteiger partial charge in [0.05, 0.1) is 5.92 Å². The number of hydrogen-bond donors (Lipinski definition) is 2. The van der Waals surface area contributed by atoms with E-state index in [0.717, 1.165) is 19.3 Å². The lowest BCUT2D eigenvalue weighted by Gasteiger charge is -2.25. The van der Waals surface area contributed by atoms with Crippen molar-refractivity contribution in [3.8, 4) is 0 Å². The van der Waals surface area contributed by atoms with E-state index in [1.165, 1.54) is 4.88 Å². The van der Waals surface area contributed by atoms with Crippen molar-refractivity contribution in [1.29, 1.82) is 0 Å². The molecule has 1 heterocycles. The summed E-state index contributed by atoms with van der Waals surface area (Å²) >= 11 is 1.74. The van der Waals surface area contributed by atoms with Gasteiger partial charge in [0.2, 0.25) is 5.91 Å². The average Bonchev–Trinajstić information content (AvgIpc) is 2.96. The second kappa shape index (κ2) is 6.73. The number of rotatable bonds is 4. The van der Waals surface area contributed by atoms with Crippen LogP contribution in [0.15, 0.2) is 17.5 Å². The lowest BCUT2D eigenvalue weighted by atomic mass is 9.91. The van der Waals surface area contributed by atoms with Crippen molar-refractivity contribution in [2.45, 2.75) is 44.6 Å². The fraction of sp³-hybridized carbons (Fsp3) is 0.643.